The fourth-order valence-electron chi connectivity index (χ4n) is 3.11. The van der Waals surface area contributed by atoms with Crippen LogP contribution in [0.1, 0.15) is 11.5 Å². The Morgan fingerprint density at radius 1 is 1.04 bits per heavy atom. The summed E-state index contributed by atoms with van der Waals surface area (Å²) in [4.78, 5) is 0.258. The van der Waals surface area contributed by atoms with E-state index in [9.17, 15) is 13.7 Å². The van der Waals surface area contributed by atoms with Gasteiger partial charge in [0.1, 0.15) is 0 Å². The number of rotatable bonds is 3. The normalized spacial score (nSPS) is 24.9. The molecule has 6 heteroatoms. The summed E-state index contributed by atoms with van der Waals surface area (Å²) >= 11 is 0. The molecule has 0 radical (unpaired) electrons. The number of sulfone groups is 1. The van der Waals surface area contributed by atoms with Crippen molar-refractivity contribution in [2.24, 2.45) is 5.92 Å². The zero-order chi connectivity index (χ0) is 16.0. The number of hydrogen-bond acceptors (Lipinski definition) is 5. The molecular weight excluding hydrogens is 314 g/mol. The second kappa shape index (κ2) is 5.00. The first-order chi connectivity index (χ1) is 11.1. The van der Waals surface area contributed by atoms with Crippen molar-refractivity contribution in [3.05, 3.63) is 54.1 Å². The zero-order valence-electron chi connectivity index (χ0n) is 12.0. The number of benzene rings is 2. The van der Waals surface area contributed by atoms with Gasteiger partial charge in [-0.2, -0.15) is 5.26 Å². The van der Waals surface area contributed by atoms with E-state index in [1.165, 1.54) is 0 Å². The van der Waals surface area contributed by atoms with Crippen molar-refractivity contribution in [1.29, 1.82) is 5.26 Å². The first kappa shape index (κ1) is 14.1. The lowest BCUT2D eigenvalue weighted by Gasteiger charge is -2.04. The number of hydrogen-bond donors (Lipinski definition) is 0. The van der Waals surface area contributed by atoms with Crippen molar-refractivity contribution in [2.45, 2.75) is 16.1 Å². The summed E-state index contributed by atoms with van der Waals surface area (Å²) in [5.74, 6) is 0.368. The van der Waals surface area contributed by atoms with E-state index in [2.05, 4.69) is 6.07 Å². The molecule has 5 nitrogen and oxygen atoms in total. The molecule has 0 amide bonds. The number of nitrogens with zero attached hydrogens (tertiary/aromatic N) is 1. The molecule has 116 valence electrons. The molecule has 1 heterocycles. The van der Waals surface area contributed by atoms with Crippen LogP contribution in [-0.2, 0) is 9.84 Å². The van der Waals surface area contributed by atoms with Gasteiger partial charge in [-0.05, 0) is 29.8 Å². The number of fused-ring (bicyclic) bond motifs is 1. The summed E-state index contributed by atoms with van der Waals surface area (Å²) in [5.41, 5.74) is 0.797. The first-order valence-electron chi connectivity index (χ1n) is 7.21. The summed E-state index contributed by atoms with van der Waals surface area (Å²) in [7, 11) is -3.53. The topological polar surface area (TPSA) is 76.4 Å². The molecule has 1 saturated carbocycles. The van der Waals surface area contributed by atoms with Gasteiger partial charge in [0.25, 0.3) is 0 Å². The van der Waals surface area contributed by atoms with Crippen LogP contribution in [0, 0.1) is 17.2 Å². The van der Waals surface area contributed by atoms with Crippen molar-refractivity contribution >= 4 is 9.84 Å². The van der Waals surface area contributed by atoms with E-state index in [-0.39, 0.29) is 17.6 Å². The van der Waals surface area contributed by atoms with Gasteiger partial charge < -0.3 is 9.47 Å². The summed E-state index contributed by atoms with van der Waals surface area (Å²) in [6.45, 7) is 0.164. The fraction of sp³-hybridized carbons (Fsp3) is 0.235. The second-order valence-electron chi connectivity index (χ2n) is 5.62. The first-order valence-corrected chi connectivity index (χ1v) is 8.75. The molecule has 0 spiro atoms. The van der Waals surface area contributed by atoms with Gasteiger partial charge in [0.05, 0.1) is 22.1 Å². The fourth-order valence-corrected chi connectivity index (χ4v) is 5.20. The Hall–Kier alpha value is -2.52. The van der Waals surface area contributed by atoms with Crippen LogP contribution in [0.5, 0.6) is 11.5 Å². The third-order valence-electron chi connectivity index (χ3n) is 4.31. The summed E-state index contributed by atoms with van der Waals surface area (Å²) in [5, 5.41) is 8.63. The molecule has 4 rings (SSSR count). The molecule has 2 aliphatic rings. The zero-order valence-corrected chi connectivity index (χ0v) is 12.9. The monoisotopic (exact) mass is 327 g/mol. The van der Waals surface area contributed by atoms with Crippen LogP contribution >= 0.6 is 0 Å². The van der Waals surface area contributed by atoms with Crippen LogP contribution in [0.4, 0.5) is 0 Å². The largest absolute Gasteiger partial charge is 0.454 e. The van der Waals surface area contributed by atoms with Crippen molar-refractivity contribution in [2.75, 3.05) is 6.79 Å². The molecule has 0 aromatic heterocycles. The van der Waals surface area contributed by atoms with E-state index < -0.39 is 21.0 Å². The van der Waals surface area contributed by atoms with Crippen molar-refractivity contribution in [1.82, 2.24) is 0 Å². The van der Waals surface area contributed by atoms with Crippen LogP contribution in [0.15, 0.2) is 53.4 Å². The minimum absolute atomic E-state index is 0.164. The number of nitriles is 1. The van der Waals surface area contributed by atoms with Crippen molar-refractivity contribution < 1.29 is 17.9 Å². The van der Waals surface area contributed by atoms with Gasteiger partial charge in [-0.1, -0.05) is 24.3 Å². The predicted octanol–water partition coefficient (Wildman–Crippen LogP) is 2.49. The van der Waals surface area contributed by atoms with E-state index in [1.54, 1.807) is 42.5 Å². The van der Waals surface area contributed by atoms with Gasteiger partial charge in [-0.25, -0.2) is 8.42 Å². The van der Waals surface area contributed by atoms with Crippen LogP contribution < -0.4 is 9.47 Å². The third kappa shape index (κ3) is 2.16. The average molecular weight is 327 g/mol. The van der Waals surface area contributed by atoms with Crippen LogP contribution in [-0.4, -0.2) is 20.5 Å². The SMILES string of the molecule is N#C[C@H]1[C@H](c2ccc3c(c2)OCO3)[C@@H]1S(=O)(=O)c1ccccc1. The maximum absolute atomic E-state index is 12.8. The molecular formula is C17H13NO4S. The van der Waals surface area contributed by atoms with E-state index in [0.29, 0.717) is 11.5 Å². The van der Waals surface area contributed by atoms with E-state index in [1.807, 2.05) is 6.07 Å². The highest BCUT2D eigenvalue weighted by Crippen LogP contribution is 2.54. The summed E-state index contributed by atoms with van der Waals surface area (Å²) < 4.78 is 36.1. The maximum atomic E-state index is 12.8. The van der Waals surface area contributed by atoms with Crippen molar-refractivity contribution in [3.63, 3.8) is 0 Å². The van der Waals surface area contributed by atoms with E-state index >= 15 is 0 Å². The Labute approximate surface area is 134 Å². The van der Waals surface area contributed by atoms with Crippen molar-refractivity contribution in [3.8, 4) is 17.6 Å². The predicted molar refractivity (Wildman–Crippen MR) is 81.8 cm³/mol. The molecule has 0 unspecified atom stereocenters. The Bertz CT molecular complexity index is 902. The number of ether oxygens (including phenoxy) is 2. The average Bonchev–Trinajstić information content (AvgIpc) is 3.15. The highest BCUT2D eigenvalue weighted by Gasteiger charge is 2.59. The van der Waals surface area contributed by atoms with Gasteiger partial charge in [0, 0.05) is 5.92 Å². The highest BCUT2D eigenvalue weighted by molar-refractivity contribution is 7.92. The molecule has 0 N–H and O–H groups in total. The van der Waals surface area contributed by atoms with Crippen LogP contribution in [0.2, 0.25) is 0 Å². The maximum Gasteiger partial charge on any atom is 0.231 e. The van der Waals surface area contributed by atoms with Gasteiger partial charge >= 0.3 is 0 Å². The summed E-state index contributed by atoms with van der Waals surface area (Å²) in [6.07, 6.45) is 0. The quantitative estimate of drug-likeness (QED) is 0.865. The molecule has 1 aliphatic heterocycles. The van der Waals surface area contributed by atoms with Crippen LogP contribution in [0.3, 0.4) is 0 Å². The second-order valence-corrected chi connectivity index (χ2v) is 7.72. The molecule has 1 aliphatic carbocycles. The summed E-state index contributed by atoms with van der Waals surface area (Å²) in [6, 6.07) is 15.8. The van der Waals surface area contributed by atoms with E-state index in [0.717, 1.165) is 5.56 Å². The lowest BCUT2D eigenvalue weighted by atomic mass is 10.1. The smallest absolute Gasteiger partial charge is 0.231 e. The lowest BCUT2D eigenvalue weighted by molar-refractivity contribution is 0.174. The Balaban J connectivity index is 1.70. The Kier molecular flexibility index (Phi) is 3.06. The van der Waals surface area contributed by atoms with Gasteiger partial charge in [-0.15, -0.1) is 0 Å². The van der Waals surface area contributed by atoms with Gasteiger partial charge in [0.15, 0.2) is 21.3 Å². The molecule has 3 atom stereocenters. The molecule has 2 aromatic rings. The molecule has 2 aromatic carbocycles. The molecule has 1 fully saturated rings. The highest BCUT2D eigenvalue weighted by atomic mass is 32.2. The Morgan fingerprint density at radius 2 is 1.78 bits per heavy atom. The Morgan fingerprint density at radius 3 is 2.52 bits per heavy atom. The van der Waals surface area contributed by atoms with Crippen LogP contribution in [0.25, 0.3) is 0 Å². The molecule has 0 bridgehead atoms. The molecule has 23 heavy (non-hydrogen) atoms. The molecule has 0 saturated heterocycles. The lowest BCUT2D eigenvalue weighted by Crippen LogP contribution is -2.10. The minimum Gasteiger partial charge on any atom is -0.454 e. The van der Waals surface area contributed by atoms with E-state index in [4.69, 9.17) is 9.47 Å². The minimum atomic E-state index is -3.53. The third-order valence-corrected chi connectivity index (χ3v) is 6.55. The van der Waals surface area contributed by atoms with Gasteiger partial charge in [-0.3, -0.25) is 0 Å². The standard InChI is InChI=1S/C17H13NO4S/c18-9-13-16(11-6-7-14-15(8-11)22-10-21-14)17(13)23(19,20)12-4-2-1-3-5-12/h1-8,13,16-17H,10H2/t13-,16-,17+/m0/s1. The van der Waals surface area contributed by atoms with Gasteiger partial charge in [0.2, 0.25) is 6.79 Å².